The molecule has 2 heterocycles. The van der Waals surface area contributed by atoms with Gasteiger partial charge < -0.3 is 19.7 Å². The zero-order valence-corrected chi connectivity index (χ0v) is 16.1. The molecule has 0 radical (unpaired) electrons. The van der Waals surface area contributed by atoms with Gasteiger partial charge in [0.05, 0.1) is 13.2 Å². The van der Waals surface area contributed by atoms with Crippen LogP contribution in [0.25, 0.3) is 0 Å². The van der Waals surface area contributed by atoms with Gasteiger partial charge in [-0.05, 0) is 35.7 Å². The maximum Gasteiger partial charge on any atom is 0.254 e. The lowest BCUT2D eigenvalue weighted by molar-refractivity contribution is -0.155. The van der Waals surface area contributed by atoms with E-state index in [0.29, 0.717) is 13.1 Å². The van der Waals surface area contributed by atoms with Crippen molar-refractivity contribution in [1.29, 1.82) is 0 Å². The average Bonchev–Trinajstić information content (AvgIpc) is 2.73. The molecule has 7 heteroatoms. The van der Waals surface area contributed by atoms with Gasteiger partial charge in [-0.15, -0.1) is 0 Å². The van der Waals surface area contributed by atoms with Crippen LogP contribution < -0.4 is 10.1 Å². The van der Waals surface area contributed by atoms with Gasteiger partial charge in [-0.2, -0.15) is 0 Å². The van der Waals surface area contributed by atoms with Gasteiger partial charge >= 0.3 is 0 Å². The van der Waals surface area contributed by atoms with Crippen molar-refractivity contribution in [3.63, 3.8) is 0 Å². The van der Waals surface area contributed by atoms with Crippen molar-refractivity contribution in [2.45, 2.75) is 32.0 Å². The Labute approximate surface area is 164 Å². The molecule has 148 valence electrons. The Kier molecular flexibility index (Phi) is 6.60. The Morgan fingerprint density at radius 1 is 1.36 bits per heavy atom. The zero-order valence-electron chi connectivity index (χ0n) is 16.1. The Balaban J connectivity index is 1.83. The van der Waals surface area contributed by atoms with Crippen LogP contribution in [0, 0.1) is 0 Å². The Bertz CT molecular complexity index is 812. The summed E-state index contributed by atoms with van der Waals surface area (Å²) >= 11 is 0. The summed E-state index contributed by atoms with van der Waals surface area (Å²) in [4.78, 5) is 31.1. The molecule has 1 fully saturated rings. The first-order valence-corrected chi connectivity index (χ1v) is 9.35. The second-order valence-electron chi connectivity index (χ2n) is 6.67. The summed E-state index contributed by atoms with van der Waals surface area (Å²) in [5, 5.41) is 2.87. The van der Waals surface area contributed by atoms with Crippen LogP contribution in [0.1, 0.15) is 30.5 Å². The van der Waals surface area contributed by atoms with Gasteiger partial charge in [-0.1, -0.05) is 25.1 Å². The lowest BCUT2D eigenvalue weighted by Crippen LogP contribution is -2.53. The number of aromatic nitrogens is 1. The van der Waals surface area contributed by atoms with E-state index in [1.807, 2.05) is 37.3 Å². The van der Waals surface area contributed by atoms with E-state index in [4.69, 9.17) is 9.47 Å². The number of ether oxygens (including phenoxy) is 2. The minimum absolute atomic E-state index is 0.133. The fourth-order valence-electron chi connectivity index (χ4n) is 3.29. The van der Waals surface area contributed by atoms with E-state index in [1.54, 1.807) is 30.5 Å². The summed E-state index contributed by atoms with van der Waals surface area (Å²) in [6.45, 7) is 2.92. The number of nitrogens with zero attached hydrogens (tertiary/aromatic N) is 2. The number of pyridine rings is 1. The van der Waals surface area contributed by atoms with Gasteiger partial charge in [0.25, 0.3) is 5.91 Å². The molecule has 7 nitrogen and oxygen atoms in total. The zero-order chi connectivity index (χ0) is 19.9. The van der Waals surface area contributed by atoms with E-state index in [-0.39, 0.29) is 18.4 Å². The molecule has 3 rings (SSSR count). The lowest BCUT2D eigenvalue weighted by atomic mass is 10.00. The molecule has 2 amide bonds. The van der Waals surface area contributed by atoms with Crippen molar-refractivity contribution < 1.29 is 19.1 Å². The molecule has 1 aliphatic rings. The number of carbonyl (C=O) groups excluding carboxylic acids is 2. The third-order valence-corrected chi connectivity index (χ3v) is 4.61. The molecule has 0 bridgehead atoms. The van der Waals surface area contributed by atoms with E-state index >= 15 is 0 Å². The normalized spacial score (nSPS) is 19.0. The molecule has 2 aromatic rings. The molecule has 28 heavy (non-hydrogen) atoms. The molecule has 0 aliphatic carbocycles. The summed E-state index contributed by atoms with van der Waals surface area (Å²) in [5.74, 6) is 0.349. The van der Waals surface area contributed by atoms with Crippen LogP contribution in [0.4, 0.5) is 0 Å². The number of carbonyl (C=O) groups is 2. The van der Waals surface area contributed by atoms with Crippen LogP contribution >= 0.6 is 0 Å². The minimum atomic E-state index is -0.793. The van der Waals surface area contributed by atoms with Crippen molar-refractivity contribution >= 4 is 11.8 Å². The molecular formula is C21H25N3O4. The van der Waals surface area contributed by atoms with Gasteiger partial charge in [0, 0.05) is 25.5 Å². The van der Waals surface area contributed by atoms with Gasteiger partial charge in [0.1, 0.15) is 12.4 Å². The molecule has 1 aromatic heterocycles. The molecule has 1 N–H and O–H groups in total. The quantitative estimate of drug-likeness (QED) is 0.792. The highest BCUT2D eigenvalue weighted by atomic mass is 16.5. The van der Waals surface area contributed by atoms with Gasteiger partial charge in [-0.25, -0.2) is 0 Å². The minimum Gasteiger partial charge on any atom is -0.497 e. The third kappa shape index (κ3) is 4.67. The first kappa shape index (κ1) is 19.8. The fourth-order valence-corrected chi connectivity index (χ4v) is 3.29. The van der Waals surface area contributed by atoms with Crippen LogP contribution in [-0.2, 0) is 20.9 Å². The van der Waals surface area contributed by atoms with E-state index in [1.165, 1.54) is 0 Å². The fraction of sp³-hybridized carbons (Fsp3) is 0.381. The van der Waals surface area contributed by atoms with E-state index < -0.39 is 12.1 Å². The maximum absolute atomic E-state index is 13.3. The van der Waals surface area contributed by atoms with E-state index in [9.17, 15) is 9.59 Å². The number of benzene rings is 1. The van der Waals surface area contributed by atoms with Crippen LogP contribution in [0.2, 0.25) is 0 Å². The average molecular weight is 383 g/mol. The predicted octanol–water partition coefficient (Wildman–Crippen LogP) is 2.09. The first-order chi connectivity index (χ1) is 13.6. The van der Waals surface area contributed by atoms with Crippen molar-refractivity contribution in [2.75, 3.05) is 20.3 Å². The first-order valence-electron chi connectivity index (χ1n) is 9.35. The molecule has 0 unspecified atom stereocenters. The number of nitrogens with one attached hydrogen (secondary N) is 1. The van der Waals surface area contributed by atoms with Crippen molar-refractivity contribution in [2.24, 2.45) is 0 Å². The van der Waals surface area contributed by atoms with E-state index in [2.05, 4.69) is 10.3 Å². The second-order valence-corrected chi connectivity index (χ2v) is 6.67. The van der Waals surface area contributed by atoms with Crippen LogP contribution in [0.5, 0.6) is 5.75 Å². The molecule has 1 aliphatic heterocycles. The molecular weight excluding hydrogens is 358 g/mol. The molecule has 2 atom stereocenters. The summed E-state index contributed by atoms with van der Waals surface area (Å²) in [7, 11) is 1.62. The third-order valence-electron chi connectivity index (χ3n) is 4.61. The lowest BCUT2D eigenvalue weighted by Gasteiger charge is -2.35. The van der Waals surface area contributed by atoms with Crippen molar-refractivity contribution in [3.8, 4) is 5.75 Å². The standard InChI is InChI=1S/C21H25N3O4/c1-3-10-24(13-15-6-4-8-17(11-15)27-2)21(26)20-19(23-18(25)14-28-20)16-7-5-9-22-12-16/h4-9,11-12,19-20H,3,10,13-14H2,1-2H3,(H,23,25)/t19-,20+/m1/s1. The van der Waals surface area contributed by atoms with Gasteiger partial charge in [0.2, 0.25) is 5.91 Å². The van der Waals surface area contributed by atoms with Crippen LogP contribution in [0.15, 0.2) is 48.8 Å². The number of morpholine rings is 1. The monoisotopic (exact) mass is 383 g/mol. The number of rotatable bonds is 7. The summed E-state index contributed by atoms with van der Waals surface area (Å²) in [6, 6.07) is 10.7. The Morgan fingerprint density at radius 3 is 2.93 bits per heavy atom. The van der Waals surface area contributed by atoms with E-state index in [0.717, 1.165) is 23.3 Å². The Hall–Kier alpha value is -2.93. The summed E-state index contributed by atoms with van der Waals surface area (Å²) < 4.78 is 11.0. The highest BCUT2D eigenvalue weighted by Gasteiger charge is 2.38. The SMILES string of the molecule is CCCN(Cc1cccc(OC)c1)C(=O)[C@H]1OCC(=O)N[C@@H]1c1cccnc1. The number of hydrogen-bond donors (Lipinski definition) is 1. The number of methoxy groups -OCH3 is 1. The summed E-state index contributed by atoms with van der Waals surface area (Å²) in [5.41, 5.74) is 1.71. The topological polar surface area (TPSA) is 80.8 Å². The molecule has 1 aromatic carbocycles. The largest absolute Gasteiger partial charge is 0.497 e. The number of amides is 2. The van der Waals surface area contributed by atoms with Gasteiger partial charge in [-0.3, -0.25) is 14.6 Å². The predicted molar refractivity (Wildman–Crippen MR) is 104 cm³/mol. The number of hydrogen-bond acceptors (Lipinski definition) is 5. The van der Waals surface area contributed by atoms with Crippen molar-refractivity contribution in [1.82, 2.24) is 15.2 Å². The Morgan fingerprint density at radius 2 is 2.21 bits per heavy atom. The second kappa shape index (κ2) is 9.32. The highest BCUT2D eigenvalue weighted by molar-refractivity contribution is 5.86. The van der Waals surface area contributed by atoms with Crippen molar-refractivity contribution in [3.05, 3.63) is 59.9 Å². The molecule has 1 saturated heterocycles. The van der Waals surface area contributed by atoms with Crippen LogP contribution in [-0.4, -0.2) is 48.1 Å². The highest BCUT2D eigenvalue weighted by Crippen LogP contribution is 2.24. The molecule has 0 saturated carbocycles. The van der Waals surface area contributed by atoms with Gasteiger partial charge in [0.15, 0.2) is 6.10 Å². The smallest absolute Gasteiger partial charge is 0.254 e. The maximum atomic E-state index is 13.3. The summed E-state index contributed by atoms with van der Waals surface area (Å²) in [6.07, 6.45) is 3.32. The molecule has 0 spiro atoms. The van der Waals surface area contributed by atoms with Crippen LogP contribution in [0.3, 0.4) is 0 Å².